The van der Waals surface area contributed by atoms with Crippen LogP contribution in [0.5, 0.6) is 0 Å². The summed E-state index contributed by atoms with van der Waals surface area (Å²) in [6, 6.07) is 0. The number of phosphoric acid groups is 1. The van der Waals surface area contributed by atoms with E-state index in [1.165, 1.54) is 32.1 Å². The van der Waals surface area contributed by atoms with E-state index in [2.05, 4.69) is 11.4 Å². The van der Waals surface area contributed by atoms with E-state index in [0.29, 0.717) is 6.42 Å². The summed E-state index contributed by atoms with van der Waals surface area (Å²) in [4.78, 5) is 33.8. The van der Waals surface area contributed by atoms with Crippen LogP contribution in [0, 0.1) is 0 Å². The molecule has 0 heterocycles. The first-order valence-electron chi connectivity index (χ1n) is 12.6. The normalized spacial score (nSPS) is 15.0. The maximum atomic E-state index is 12.2. The Balaban J connectivity index is 4.52. The van der Waals surface area contributed by atoms with E-state index in [1.807, 2.05) is 13.0 Å². The number of aliphatic hydroxyl groups excluding tert-OH is 2. The molecule has 0 radical (unpaired) electrons. The van der Waals surface area contributed by atoms with Crippen molar-refractivity contribution in [3.8, 4) is 0 Å². The molecule has 0 aliphatic rings. The van der Waals surface area contributed by atoms with Crippen molar-refractivity contribution in [2.24, 2.45) is 0 Å². The highest BCUT2D eigenvalue weighted by Gasteiger charge is 2.27. The number of rotatable bonds is 23. The molecule has 0 aliphatic heterocycles. The molecule has 0 aliphatic carbocycles. The molecule has 35 heavy (non-hydrogen) atoms. The number of carbonyl (C=O) groups excluding carboxylic acids is 2. The first kappa shape index (κ1) is 33.7. The number of aliphatic hydroxyl groups is 2. The molecule has 11 heteroatoms. The van der Waals surface area contributed by atoms with Crippen molar-refractivity contribution in [1.82, 2.24) is 0 Å². The van der Waals surface area contributed by atoms with Crippen molar-refractivity contribution in [3.05, 3.63) is 12.2 Å². The summed E-state index contributed by atoms with van der Waals surface area (Å²) >= 11 is 0. The van der Waals surface area contributed by atoms with E-state index >= 15 is 0 Å². The second-order valence-electron chi connectivity index (χ2n) is 8.35. The molecule has 0 aromatic carbocycles. The van der Waals surface area contributed by atoms with Crippen LogP contribution in [0.25, 0.3) is 0 Å². The summed E-state index contributed by atoms with van der Waals surface area (Å²) in [5, 5.41) is 18.0. The average molecular weight is 525 g/mol. The second-order valence-corrected chi connectivity index (χ2v) is 9.81. The molecule has 0 bridgehead atoms. The van der Waals surface area contributed by atoms with Crippen LogP contribution < -0.4 is 0 Å². The molecule has 206 valence electrons. The number of hydrogen-bond acceptors (Lipinski definition) is 9. The van der Waals surface area contributed by atoms with Crippen LogP contribution in [0.4, 0.5) is 0 Å². The van der Waals surface area contributed by atoms with Crippen molar-refractivity contribution < 1.29 is 47.8 Å². The Hall–Kier alpha value is -1.29. The molecule has 0 aromatic rings. The number of unbranched alkanes of at least 4 members (excludes halogenated alkanes) is 8. The van der Waals surface area contributed by atoms with Gasteiger partial charge >= 0.3 is 19.8 Å². The quantitative estimate of drug-likeness (QED) is 0.0768. The molecule has 0 rings (SSSR count). The Bertz CT molecular complexity index is 625. The van der Waals surface area contributed by atoms with Gasteiger partial charge in [-0.05, 0) is 12.8 Å². The maximum Gasteiger partial charge on any atom is 0.472 e. The molecular formula is C24H45O10P. The third kappa shape index (κ3) is 21.7. The standard InChI is InChI=1S/C24H45O10P/c1-3-5-7-8-9-10-11-12-14-16-24(28)34-22(19-31-23(27)15-13-6-4-2)20-33-35(29,30)32-18-21(26)17-25/h6,13,21-22,25-26H,3-5,7-12,14-20H2,1-2H3,(H,29,30)/b13-6+/t21-,22+/m0/s1. The fourth-order valence-electron chi connectivity index (χ4n) is 2.98. The fraction of sp³-hybridized carbons (Fsp3) is 0.833. The van der Waals surface area contributed by atoms with E-state index in [0.717, 1.165) is 25.7 Å². The van der Waals surface area contributed by atoms with Crippen LogP contribution in [0.1, 0.15) is 90.9 Å². The van der Waals surface area contributed by atoms with Gasteiger partial charge < -0.3 is 24.6 Å². The summed E-state index contributed by atoms with van der Waals surface area (Å²) in [6.07, 6.45) is 11.9. The molecule has 0 saturated carbocycles. The topological polar surface area (TPSA) is 149 Å². The van der Waals surface area contributed by atoms with Gasteiger partial charge in [-0.1, -0.05) is 77.4 Å². The van der Waals surface area contributed by atoms with Crippen LogP contribution in [-0.2, 0) is 32.7 Å². The van der Waals surface area contributed by atoms with Gasteiger partial charge in [-0.25, -0.2) is 4.57 Å². The van der Waals surface area contributed by atoms with E-state index in [4.69, 9.17) is 19.1 Å². The van der Waals surface area contributed by atoms with Gasteiger partial charge in [-0.2, -0.15) is 0 Å². The SMILES string of the molecule is CC/C=C/CC(=O)OC[C@H](COP(=O)(O)OC[C@@H](O)CO)OC(=O)CCCCCCCCCCC. The molecule has 0 spiro atoms. The first-order chi connectivity index (χ1) is 16.7. The van der Waals surface area contributed by atoms with Crippen LogP contribution in [0.15, 0.2) is 12.2 Å². The van der Waals surface area contributed by atoms with E-state index in [9.17, 15) is 24.2 Å². The molecule has 0 amide bonds. The minimum Gasteiger partial charge on any atom is -0.461 e. The lowest BCUT2D eigenvalue weighted by molar-refractivity contribution is -0.160. The third-order valence-electron chi connectivity index (χ3n) is 4.96. The highest BCUT2D eigenvalue weighted by atomic mass is 31.2. The number of carbonyl (C=O) groups is 2. The Morgan fingerprint density at radius 1 is 0.857 bits per heavy atom. The number of hydrogen-bond donors (Lipinski definition) is 3. The minimum atomic E-state index is -4.58. The zero-order valence-corrected chi connectivity index (χ0v) is 22.2. The number of allylic oxidation sites excluding steroid dienone is 1. The molecule has 0 fully saturated rings. The predicted octanol–water partition coefficient (Wildman–Crippen LogP) is 4.21. The number of ether oxygens (including phenoxy) is 2. The van der Waals surface area contributed by atoms with Crippen LogP contribution in [-0.4, -0.2) is 65.7 Å². The molecular weight excluding hydrogens is 479 g/mol. The van der Waals surface area contributed by atoms with E-state index in [-0.39, 0.29) is 19.4 Å². The lowest BCUT2D eigenvalue weighted by atomic mass is 10.1. The molecule has 10 nitrogen and oxygen atoms in total. The average Bonchev–Trinajstić information content (AvgIpc) is 2.83. The monoisotopic (exact) mass is 524 g/mol. The van der Waals surface area contributed by atoms with Gasteiger partial charge in [0.15, 0.2) is 6.10 Å². The fourth-order valence-corrected chi connectivity index (χ4v) is 3.77. The smallest absolute Gasteiger partial charge is 0.461 e. The summed E-state index contributed by atoms with van der Waals surface area (Å²) in [5.74, 6) is -1.06. The second kappa shape index (κ2) is 21.9. The van der Waals surface area contributed by atoms with Crippen LogP contribution >= 0.6 is 7.82 Å². The Morgan fingerprint density at radius 3 is 2.06 bits per heavy atom. The maximum absolute atomic E-state index is 12.2. The lowest BCUT2D eigenvalue weighted by Crippen LogP contribution is -2.29. The zero-order valence-electron chi connectivity index (χ0n) is 21.3. The Morgan fingerprint density at radius 2 is 1.46 bits per heavy atom. The van der Waals surface area contributed by atoms with Gasteiger partial charge in [0.25, 0.3) is 0 Å². The van der Waals surface area contributed by atoms with Gasteiger partial charge in [-0.15, -0.1) is 0 Å². The van der Waals surface area contributed by atoms with Gasteiger partial charge in [0, 0.05) is 6.42 Å². The van der Waals surface area contributed by atoms with Crippen molar-refractivity contribution in [3.63, 3.8) is 0 Å². The zero-order chi connectivity index (χ0) is 26.4. The van der Waals surface area contributed by atoms with Crippen molar-refractivity contribution in [2.75, 3.05) is 26.4 Å². The third-order valence-corrected chi connectivity index (χ3v) is 5.91. The molecule has 0 aromatic heterocycles. The van der Waals surface area contributed by atoms with E-state index in [1.54, 1.807) is 6.08 Å². The predicted molar refractivity (Wildman–Crippen MR) is 132 cm³/mol. The summed E-state index contributed by atoms with van der Waals surface area (Å²) in [6.45, 7) is 1.95. The van der Waals surface area contributed by atoms with Crippen LogP contribution in [0.2, 0.25) is 0 Å². The summed E-state index contributed by atoms with van der Waals surface area (Å²) in [7, 11) is -4.58. The van der Waals surface area contributed by atoms with Crippen molar-refractivity contribution in [1.29, 1.82) is 0 Å². The minimum absolute atomic E-state index is 0.0501. The Labute approximate surface area is 209 Å². The highest BCUT2D eigenvalue weighted by Crippen LogP contribution is 2.43. The van der Waals surface area contributed by atoms with Gasteiger partial charge in [0.05, 0.1) is 26.2 Å². The molecule has 1 unspecified atom stereocenters. The number of esters is 2. The molecule has 3 atom stereocenters. The van der Waals surface area contributed by atoms with Gasteiger partial charge in [0.1, 0.15) is 12.7 Å². The summed E-state index contributed by atoms with van der Waals surface area (Å²) in [5.41, 5.74) is 0. The molecule has 3 N–H and O–H groups in total. The van der Waals surface area contributed by atoms with Crippen molar-refractivity contribution in [2.45, 2.75) is 103 Å². The Kier molecular flexibility index (Phi) is 21.1. The van der Waals surface area contributed by atoms with Gasteiger partial charge in [0.2, 0.25) is 0 Å². The lowest BCUT2D eigenvalue weighted by Gasteiger charge is -2.20. The molecule has 0 saturated heterocycles. The van der Waals surface area contributed by atoms with Gasteiger partial charge in [-0.3, -0.25) is 18.6 Å². The van der Waals surface area contributed by atoms with E-state index < -0.39 is 51.8 Å². The van der Waals surface area contributed by atoms with Crippen molar-refractivity contribution >= 4 is 19.8 Å². The summed E-state index contributed by atoms with van der Waals surface area (Å²) < 4.78 is 31.8. The first-order valence-corrected chi connectivity index (χ1v) is 14.1. The number of phosphoric ester groups is 1. The van der Waals surface area contributed by atoms with Crippen LogP contribution in [0.3, 0.4) is 0 Å². The highest BCUT2D eigenvalue weighted by molar-refractivity contribution is 7.47. The largest absolute Gasteiger partial charge is 0.472 e.